The van der Waals surface area contributed by atoms with Crippen LogP contribution in [0.15, 0.2) is 36.4 Å². The van der Waals surface area contributed by atoms with Crippen LogP contribution in [0.5, 0.6) is 0 Å². The number of aliphatic carboxylic acids is 1. The summed E-state index contributed by atoms with van der Waals surface area (Å²) in [6.45, 7) is 5.07. The minimum atomic E-state index is -0.971. The minimum Gasteiger partial charge on any atom is -0.481 e. The number of rotatable bonds is 3. The Labute approximate surface area is 157 Å². The molecule has 0 aliphatic carbocycles. The highest BCUT2D eigenvalue weighted by Crippen LogP contribution is 2.55. The van der Waals surface area contributed by atoms with Gasteiger partial charge in [0.1, 0.15) is 11.5 Å². The quantitative estimate of drug-likeness (QED) is 0.808. The Bertz CT molecular complexity index is 816. The number of hydrogen-bond acceptors (Lipinski definition) is 5. The van der Waals surface area contributed by atoms with Crippen molar-refractivity contribution in [3.63, 3.8) is 0 Å². The molecule has 4 aliphatic heterocycles. The summed E-state index contributed by atoms with van der Waals surface area (Å²) in [5.41, 5.74) is 1.03. The average Bonchev–Trinajstić information content (AvgIpc) is 3.32. The number of morpholine rings is 1. The third-order valence-electron chi connectivity index (χ3n) is 6.42. The van der Waals surface area contributed by atoms with Gasteiger partial charge in [-0.2, -0.15) is 0 Å². The highest BCUT2D eigenvalue weighted by Gasteiger charge is 2.70. The third kappa shape index (κ3) is 2.21. The molecule has 7 nitrogen and oxygen atoms in total. The second kappa shape index (κ2) is 5.81. The fourth-order valence-electron chi connectivity index (χ4n) is 5.07. The van der Waals surface area contributed by atoms with Crippen LogP contribution in [0.4, 0.5) is 11.4 Å². The standard InChI is InChI=1S/C20H22N2O5/c1-12-20-7-6-15(27-20)16(19(24)25)17(20)18(23)22(12)14-4-2-13(3-5-14)21-8-10-26-11-9-21/h2-7,12,15-17H,8-11H2,1H3,(H,24,25). The first-order valence-corrected chi connectivity index (χ1v) is 9.39. The minimum absolute atomic E-state index is 0.166. The fourth-order valence-corrected chi connectivity index (χ4v) is 5.07. The molecule has 2 bridgehead atoms. The second-order valence-electron chi connectivity index (χ2n) is 7.64. The molecule has 1 N–H and O–H groups in total. The first-order valence-electron chi connectivity index (χ1n) is 9.39. The molecule has 5 unspecified atom stereocenters. The van der Waals surface area contributed by atoms with E-state index in [1.165, 1.54) is 0 Å². The summed E-state index contributed by atoms with van der Waals surface area (Å²) in [4.78, 5) is 28.9. The van der Waals surface area contributed by atoms with Gasteiger partial charge in [-0.1, -0.05) is 12.2 Å². The van der Waals surface area contributed by atoms with Crippen LogP contribution in [0.2, 0.25) is 0 Å². The van der Waals surface area contributed by atoms with E-state index < -0.39 is 29.5 Å². The number of benzene rings is 1. The highest BCUT2D eigenvalue weighted by atomic mass is 16.5. The van der Waals surface area contributed by atoms with E-state index in [-0.39, 0.29) is 11.9 Å². The Kier molecular flexibility index (Phi) is 3.61. The number of amides is 1. The molecule has 3 fully saturated rings. The molecule has 5 atom stereocenters. The number of fused-ring (bicyclic) bond motifs is 1. The number of carboxylic acids is 1. The number of carbonyl (C=O) groups is 2. The summed E-state index contributed by atoms with van der Waals surface area (Å²) >= 11 is 0. The lowest BCUT2D eigenvalue weighted by atomic mass is 9.75. The van der Waals surface area contributed by atoms with E-state index >= 15 is 0 Å². The van der Waals surface area contributed by atoms with E-state index in [1.54, 1.807) is 11.0 Å². The van der Waals surface area contributed by atoms with E-state index in [2.05, 4.69) is 4.90 Å². The van der Waals surface area contributed by atoms with Crippen molar-refractivity contribution in [1.82, 2.24) is 0 Å². The van der Waals surface area contributed by atoms with Crippen LogP contribution in [0.1, 0.15) is 6.92 Å². The van der Waals surface area contributed by atoms with Crippen molar-refractivity contribution in [1.29, 1.82) is 0 Å². The van der Waals surface area contributed by atoms with Crippen molar-refractivity contribution in [2.75, 3.05) is 36.1 Å². The van der Waals surface area contributed by atoms with Gasteiger partial charge in [0.15, 0.2) is 0 Å². The third-order valence-corrected chi connectivity index (χ3v) is 6.42. The maximum atomic E-state index is 13.2. The Hall–Kier alpha value is -2.38. The topological polar surface area (TPSA) is 79.3 Å². The molecule has 5 rings (SSSR count). The van der Waals surface area contributed by atoms with Crippen LogP contribution in [0, 0.1) is 11.8 Å². The smallest absolute Gasteiger partial charge is 0.310 e. The van der Waals surface area contributed by atoms with Crippen molar-refractivity contribution < 1.29 is 24.2 Å². The normalized spacial score (nSPS) is 37.1. The maximum Gasteiger partial charge on any atom is 0.310 e. The van der Waals surface area contributed by atoms with Crippen LogP contribution in [-0.4, -0.2) is 61.0 Å². The lowest BCUT2D eigenvalue weighted by Crippen LogP contribution is -2.43. The molecular formula is C20H22N2O5. The van der Waals surface area contributed by atoms with Crippen LogP contribution in [0.3, 0.4) is 0 Å². The van der Waals surface area contributed by atoms with Crippen molar-refractivity contribution in [3.05, 3.63) is 36.4 Å². The predicted molar refractivity (Wildman–Crippen MR) is 97.8 cm³/mol. The van der Waals surface area contributed by atoms with Crippen molar-refractivity contribution in [3.8, 4) is 0 Å². The van der Waals surface area contributed by atoms with E-state index in [9.17, 15) is 14.7 Å². The first-order chi connectivity index (χ1) is 13.0. The van der Waals surface area contributed by atoms with E-state index in [1.807, 2.05) is 37.3 Å². The molecule has 1 aromatic rings. The van der Waals surface area contributed by atoms with Gasteiger partial charge < -0.3 is 24.4 Å². The molecule has 0 saturated carbocycles. The van der Waals surface area contributed by atoms with Gasteiger partial charge in [0.25, 0.3) is 0 Å². The summed E-state index contributed by atoms with van der Waals surface area (Å²) < 4.78 is 11.4. The molecular weight excluding hydrogens is 348 g/mol. The monoisotopic (exact) mass is 370 g/mol. The molecule has 1 aromatic carbocycles. The van der Waals surface area contributed by atoms with Crippen molar-refractivity contribution in [2.24, 2.45) is 11.8 Å². The van der Waals surface area contributed by atoms with Gasteiger partial charge in [-0.05, 0) is 31.2 Å². The summed E-state index contributed by atoms with van der Waals surface area (Å²) in [7, 11) is 0. The molecule has 1 amide bonds. The predicted octanol–water partition coefficient (Wildman–Crippen LogP) is 1.28. The Morgan fingerprint density at radius 3 is 2.52 bits per heavy atom. The van der Waals surface area contributed by atoms with Gasteiger partial charge >= 0.3 is 5.97 Å². The molecule has 0 aromatic heterocycles. The summed E-state index contributed by atoms with van der Waals surface area (Å²) in [5, 5.41) is 9.62. The lowest BCUT2D eigenvalue weighted by molar-refractivity contribution is -0.146. The number of carboxylic acid groups (broad SMARTS) is 1. The molecule has 1 spiro atoms. The van der Waals surface area contributed by atoms with Crippen molar-refractivity contribution >= 4 is 23.3 Å². The van der Waals surface area contributed by atoms with Gasteiger partial charge in [0.2, 0.25) is 5.91 Å². The zero-order valence-corrected chi connectivity index (χ0v) is 15.1. The van der Waals surface area contributed by atoms with Gasteiger partial charge in [-0.15, -0.1) is 0 Å². The number of hydrogen-bond donors (Lipinski definition) is 1. The number of anilines is 2. The Balaban J connectivity index is 1.45. The molecule has 142 valence electrons. The van der Waals surface area contributed by atoms with Crippen molar-refractivity contribution in [2.45, 2.75) is 24.7 Å². The van der Waals surface area contributed by atoms with Crippen LogP contribution < -0.4 is 9.80 Å². The number of nitrogens with zero attached hydrogens (tertiary/aromatic N) is 2. The average molecular weight is 370 g/mol. The summed E-state index contributed by atoms with van der Waals surface area (Å²) in [6, 6.07) is 7.63. The number of carbonyl (C=O) groups excluding carboxylic acids is 1. The fraction of sp³-hybridized carbons (Fsp3) is 0.500. The second-order valence-corrected chi connectivity index (χ2v) is 7.64. The number of ether oxygens (including phenoxy) is 2. The van der Waals surface area contributed by atoms with E-state index in [0.29, 0.717) is 0 Å². The zero-order chi connectivity index (χ0) is 18.8. The largest absolute Gasteiger partial charge is 0.481 e. The zero-order valence-electron chi connectivity index (χ0n) is 15.1. The van der Waals surface area contributed by atoms with Gasteiger partial charge in [0, 0.05) is 24.5 Å². The lowest BCUT2D eigenvalue weighted by Gasteiger charge is -2.31. The van der Waals surface area contributed by atoms with E-state index in [4.69, 9.17) is 9.47 Å². The first kappa shape index (κ1) is 16.8. The highest BCUT2D eigenvalue weighted by molar-refractivity contribution is 6.03. The Morgan fingerprint density at radius 1 is 1.19 bits per heavy atom. The van der Waals surface area contributed by atoms with Crippen LogP contribution in [-0.2, 0) is 19.1 Å². The van der Waals surface area contributed by atoms with Gasteiger partial charge in [-0.25, -0.2) is 0 Å². The molecule has 4 heterocycles. The molecule has 7 heteroatoms. The molecule has 4 aliphatic rings. The molecule has 0 radical (unpaired) electrons. The van der Waals surface area contributed by atoms with Gasteiger partial charge in [-0.3, -0.25) is 9.59 Å². The maximum absolute atomic E-state index is 13.2. The molecule has 3 saturated heterocycles. The Morgan fingerprint density at radius 2 is 1.85 bits per heavy atom. The summed E-state index contributed by atoms with van der Waals surface area (Å²) in [6.07, 6.45) is 3.18. The van der Waals surface area contributed by atoms with Crippen LogP contribution >= 0.6 is 0 Å². The van der Waals surface area contributed by atoms with Crippen LogP contribution in [0.25, 0.3) is 0 Å². The molecule has 27 heavy (non-hydrogen) atoms. The SMILES string of the molecule is CC1N(c2ccc(N3CCOCC3)cc2)C(=O)C2C(C(=O)O)C3C=CC21O3. The summed E-state index contributed by atoms with van der Waals surface area (Å²) in [5.74, 6) is -2.62. The van der Waals surface area contributed by atoms with E-state index in [0.717, 1.165) is 37.7 Å². The van der Waals surface area contributed by atoms with Gasteiger partial charge in [0.05, 0.1) is 31.3 Å².